The summed E-state index contributed by atoms with van der Waals surface area (Å²) in [5.41, 5.74) is 1.01. The number of benzene rings is 2. The molecule has 116 valence electrons. The lowest BCUT2D eigenvalue weighted by atomic mass is 10.2. The van der Waals surface area contributed by atoms with Gasteiger partial charge in [-0.05, 0) is 36.4 Å². The molecule has 0 aliphatic carbocycles. The average molecular weight is 313 g/mol. The molecule has 0 spiro atoms. The SMILES string of the molecule is COc1ccccc1-c1nnc(C(=O)Nc2ccc(F)cc2)o1. The number of anilines is 1. The van der Waals surface area contributed by atoms with Crippen molar-refractivity contribution in [3.8, 4) is 17.2 Å². The number of ether oxygens (including phenoxy) is 1. The Balaban J connectivity index is 1.81. The van der Waals surface area contributed by atoms with E-state index < -0.39 is 5.91 Å². The molecule has 2 aromatic carbocycles. The van der Waals surface area contributed by atoms with E-state index in [1.807, 2.05) is 0 Å². The lowest BCUT2D eigenvalue weighted by Crippen LogP contribution is -2.12. The average Bonchev–Trinajstić information content (AvgIpc) is 3.07. The summed E-state index contributed by atoms with van der Waals surface area (Å²) in [7, 11) is 1.53. The van der Waals surface area contributed by atoms with Crippen LogP contribution in [-0.4, -0.2) is 23.2 Å². The number of para-hydroxylation sites is 1. The highest BCUT2D eigenvalue weighted by atomic mass is 19.1. The molecule has 1 heterocycles. The Bertz CT molecular complexity index is 831. The number of carbonyl (C=O) groups excluding carboxylic acids is 1. The Labute approximate surface area is 130 Å². The summed E-state index contributed by atoms with van der Waals surface area (Å²) in [4.78, 5) is 12.1. The molecule has 0 aliphatic heterocycles. The molecule has 6 nitrogen and oxygen atoms in total. The number of hydrogen-bond acceptors (Lipinski definition) is 5. The zero-order valence-corrected chi connectivity index (χ0v) is 12.1. The zero-order valence-electron chi connectivity index (χ0n) is 12.1. The third-order valence-corrected chi connectivity index (χ3v) is 3.06. The van der Waals surface area contributed by atoms with Crippen LogP contribution in [0.4, 0.5) is 10.1 Å². The van der Waals surface area contributed by atoms with Gasteiger partial charge in [0.15, 0.2) is 0 Å². The number of hydrogen-bond donors (Lipinski definition) is 1. The molecule has 0 saturated carbocycles. The van der Waals surface area contributed by atoms with Crippen LogP contribution in [0.2, 0.25) is 0 Å². The highest BCUT2D eigenvalue weighted by Crippen LogP contribution is 2.28. The molecule has 23 heavy (non-hydrogen) atoms. The van der Waals surface area contributed by atoms with Crippen LogP contribution in [0.3, 0.4) is 0 Å². The number of nitrogens with zero attached hydrogens (tertiary/aromatic N) is 2. The van der Waals surface area contributed by atoms with Crippen molar-refractivity contribution in [2.24, 2.45) is 0 Å². The van der Waals surface area contributed by atoms with Crippen molar-refractivity contribution in [2.75, 3.05) is 12.4 Å². The van der Waals surface area contributed by atoms with Gasteiger partial charge in [0.2, 0.25) is 0 Å². The van der Waals surface area contributed by atoms with Crippen molar-refractivity contribution >= 4 is 11.6 Å². The molecular formula is C16H12FN3O3. The maximum atomic E-state index is 12.8. The lowest BCUT2D eigenvalue weighted by Gasteiger charge is -2.03. The van der Waals surface area contributed by atoms with Crippen LogP contribution in [0, 0.1) is 5.82 Å². The van der Waals surface area contributed by atoms with Gasteiger partial charge in [0.25, 0.3) is 5.89 Å². The van der Waals surface area contributed by atoms with Gasteiger partial charge in [-0.1, -0.05) is 12.1 Å². The van der Waals surface area contributed by atoms with Gasteiger partial charge in [-0.3, -0.25) is 4.79 Å². The standard InChI is InChI=1S/C16H12FN3O3/c1-22-13-5-3-2-4-12(13)15-19-20-16(23-15)14(21)18-11-8-6-10(17)7-9-11/h2-9H,1H3,(H,18,21). The fraction of sp³-hybridized carbons (Fsp3) is 0.0625. The molecule has 3 aromatic rings. The van der Waals surface area contributed by atoms with Gasteiger partial charge in [-0.2, -0.15) is 0 Å². The van der Waals surface area contributed by atoms with Crippen molar-refractivity contribution in [3.63, 3.8) is 0 Å². The summed E-state index contributed by atoms with van der Waals surface area (Å²) in [6.45, 7) is 0. The molecule has 1 aromatic heterocycles. The predicted octanol–water partition coefficient (Wildman–Crippen LogP) is 3.14. The topological polar surface area (TPSA) is 77.2 Å². The third-order valence-electron chi connectivity index (χ3n) is 3.06. The van der Waals surface area contributed by atoms with Gasteiger partial charge in [0, 0.05) is 5.69 Å². The number of nitrogens with one attached hydrogen (secondary N) is 1. The highest BCUT2D eigenvalue weighted by Gasteiger charge is 2.18. The summed E-state index contributed by atoms with van der Waals surface area (Å²) < 4.78 is 23.4. The molecule has 0 saturated heterocycles. The van der Waals surface area contributed by atoms with E-state index >= 15 is 0 Å². The molecule has 0 atom stereocenters. The zero-order chi connectivity index (χ0) is 16.2. The van der Waals surface area contributed by atoms with Crippen molar-refractivity contribution in [1.29, 1.82) is 0 Å². The quantitative estimate of drug-likeness (QED) is 0.800. The van der Waals surface area contributed by atoms with E-state index in [0.29, 0.717) is 17.0 Å². The minimum Gasteiger partial charge on any atom is -0.496 e. The van der Waals surface area contributed by atoms with Gasteiger partial charge in [0.1, 0.15) is 11.6 Å². The van der Waals surface area contributed by atoms with Crippen molar-refractivity contribution in [3.05, 3.63) is 60.2 Å². The Morgan fingerprint density at radius 2 is 1.87 bits per heavy atom. The summed E-state index contributed by atoms with van der Waals surface area (Å²) in [6.07, 6.45) is 0. The predicted molar refractivity (Wildman–Crippen MR) is 80.6 cm³/mol. The number of aromatic nitrogens is 2. The van der Waals surface area contributed by atoms with Gasteiger partial charge in [0.05, 0.1) is 12.7 Å². The van der Waals surface area contributed by atoms with Crippen molar-refractivity contribution in [1.82, 2.24) is 10.2 Å². The molecule has 0 fully saturated rings. The van der Waals surface area contributed by atoms with E-state index in [1.54, 1.807) is 24.3 Å². The van der Waals surface area contributed by atoms with Crippen LogP contribution in [0.1, 0.15) is 10.7 Å². The summed E-state index contributed by atoms with van der Waals surface area (Å²) >= 11 is 0. The lowest BCUT2D eigenvalue weighted by molar-refractivity contribution is 0.0991. The second-order valence-electron chi connectivity index (χ2n) is 4.57. The molecule has 0 unspecified atom stereocenters. The maximum absolute atomic E-state index is 12.8. The van der Waals surface area contributed by atoms with Gasteiger partial charge in [-0.25, -0.2) is 4.39 Å². The van der Waals surface area contributed by atoms with E-state index in [1.165, 1.54) is 31.4 Å². The van der Waals surface area contributed by atoms with Crippen LogP contribution >= 0.6 is 0 Å². The summed E-state index contributed by atoms with van der Waals surface area (Å²) in [6, 6.07) is 12.4. The molecule has 3 rings (SSSR count). The van der Waals surface area contributed by atoms with E-state index in [2.05, 4.69) is 15.5 Å². The Kier molecular flexibility index (Phi) is 4.01. The Morgan fingerprint density at radius 1 is 1.13 bits per heavy atom. The van der Waals surface area contributed by atoms with Crippen molar-refractivity contribution in [2.45, 2.75) is 0 Å². The molecule has 7 heteroatoms. The number of rotatable bonds is 4. The first kappa shape index (κ1) is 14.7. The van der Waals surface area contributed by atoms with Crippen LogP contribution < -0.4 is 10.1 Å². The number of methoxy groups -OCH3 is 1. The monoisotopic (exact) mass is 313 g/mol. The molecule has 0 bridgehead atoms. The minimum atomic E-state index is -0.578. The number of halogens is 1. The molecule has 1 N–H and O–H groups in total. The second-order valence-corrected chi connectivity index (χ2v) is 4.57. The Morgan fingerprint density at radius 3 is 2.61 bits per heavy atom. The maximum Gasteiger partial charge on any atom is 0.313 e. The van der Waals surface area contributed by atoms with Crippen LogP contribution in [-0.2, 0) is 0 Å². The van der Waals surface area contributed by atoms with E-state index in [-0.39, 0.29) is 17.6 Å². The number of carbonyl (C=O) groups is 1. The fourth-order valence-electron chi connectivity index (χ4n) is 1.96. The smallest absolute Gasteiger partial charge is 0.313 e. The van der Waals surface area contributed by atoms with Crippen LogP contribution in [0.5, 0.6) is 5.75 Å². The first-order valence-electron chi connectivity index (χ1n) is 6.71. The van der Waals surface area contributed by atoms with Gasteiger partial charge in [-0.15, -0.1) is 10.2 Å². The van der Waals surface area contributed by atoms with Gasteiger partial charge < -0.3 is 14.5 Å². The second kappa shape index (κ2) is 6.27. The molecular weight excluding hydrogens is 301 g/mol. The Hall–Kier alpha value is -3.22. The molecule has 1 amide bonds. The van der Waals surface area contributed by atoms with E-state index in [0.717, 1.165) is 0 Å². The summed E-state index contributed by atoms with van der Waals surface area (Å²) in [5, 5.41) is 10.1. The minimum absolute atomic E-state index is 0.173. The molecule has 0 radical (unpaired) electrons. The fourth-order valence-corrected chi connectivity index (χ4v) is 1.96. The van der Waals surface area contributed by atoms with Crippen LogP contribution in [0.15, 0.2) is 52.9 Å². The van der Waals surface area contributed by atoms with E-state index in [4.69, 9.17) is 9.15 Å². The molecule has 0 aliphatic rings. The largest absolute Gasteiger partial charge is 0.496 e. The third kappa shape index (κ3) is 3.18. The van der Waals surface area contributed by atoms with Crippen molar-refractivity contribution < 1.29 is 18.3 Å². The number of amides is 1. The highest BCUT2D eigenvalue weighted by molar-refractivity contribution is 6.00. The first-order chi connectivity index (χ1) is 11.2. The van der Waals surface area contributed by atoms with Crippen LogP contribution in [0.25, 0.3) is 11.5 Å². The first-order valence-corrected chi connectivity index (χ1v) is 6.71. The summed E-state index contributed by atoms with van der Waals surface area (Å²) in [5.74, 6) is -0.437. The van der Waals surface area contributed by atoms with Gasteiger partial charge >= 0.3 is 11.8 Å². The van der Waals surface area contributed by atoms with E-state index in [9.17, 15) is 9.18 Å². The normalized spacial score (nSPS) is 10.3.